The molecular weight excluding hydrogens is 464 g/mol. The fourth-order valence-electron chi connectivity index (χ4n) is 10.6. The fourth-order valence-corrected chi connectivity index (χ4v) is 10.6. The molecule has 0 aromatic carbocycles. The van der Waals surface area contributed by atoms with Gasteiger partial charge in [0.15, 0.2) is 19.4 Å². The molecule has 7 fully saturated rings. The third kappa shape index (κ3) is 2.89. The van der Waals surface area contributed by atoms with Gasteiger partial charge in [0, 0.05) is 31.1 Å². The van der Waals surface area contributed by atoms with Crippen molar-refractivity contribution in [3.8, 4) is 0 Å². The van der Waals surface area contributed by atoms with E-state index >= 15 is 0 Å². The third-order valence-corrected chi connectivity index (χ3v) is 12.3. The van der Waals surface area contributed by atoms with Crippen molar-refractivity contribution < 1.29 is 38.0 Å². The van der Waals surface area contributed by atoms with Gasteiger partial charge in [-0.05, 0) is 61.2 Å². The SMILES string of the molecule is CC(=O)O[C@@H]1C[C@@H]2CC3(CC[C@]2(C)C2C[C@H](C)[C@@]4(C)C(CC[C@@]45OCOC54COCO4)C21)OCCO3. The molecule has 10 atom stereocenters. The van der Waals surface area contributed by atoms with Crippen LogP contribution in [0.3, 0.4) is 0 Å². The standard InChI is InChI=1S/C28H42O8/c1-17-11-21-23(20-5-6-27(25(17,20)4)28(35-16-33-27)14-30-15-34-28)22(36-18(2)29)12-19-13-26(31-9-10-32-26)8-7-24(19,21)3/h17,19-23H,5-16H2,1-4H3/t17-,19+,20?,21?,22+,23?,24-,25-,27+,28?/m0/s1. The predicted molar refractivity (Wildman–Crippen MR) is 126 cm³/mol. The van der Waals surface area contributed by atoms with Crippen molar-refractivity contribution in [1.82, 2.24) is 0 Å². The van der Waals surface area contributed by atoms with E-state index in [1.165, 1.54) is 0 Å². The maximum Gasteiger partial charge on any atom is 0.302 e. The predicted octanol–water partition coefficient (Wildman–Crippen LogP) is 4.00. The Morgan fingerprint density at radius 2 is 1.69 bits per heavy atom. The molecule has 0 radical (unpaired) electrons. The second kappa shape index (κ2) is 7.89. The minimum absolute atomic E-state index is 0.104. The van der Waals surface area contributed by atoms with Gasteiger partial charge in [0.2, 0.25) is 5.79 Å². The van der Waals surface area contributed by atoms with Crippen molar-refractivity contribution in [3.63, 3.8) is 0 Å². The van der Waals surface area contributed by atoms with Gasteiger partial charge in [-0.2, -0.15) is 0 Å². The highest BCUT2D eigenvalue weighted by molar-refractivity contribution is 5.66. The average Bonchev–Trinajstić information content (AvgIpc) is 3.62. The van der Waals surface area contributed by atoms with Gasteiger partial charge in [0.1, 0.15) is 18.3 Å². The van der Waals surface area contributed by atoms with Gasteiger partial charge < -0.3 is 33.2 Å². The minimum atomic E-state index is -0.843. The highest BCUT2D eigenvalue weighted by Gasteiger charge is 2.78. The number of rotatable bonds is 1. The first-order valence-electron chi connectivity index (χ1n) is 14.1. The zero-order valence-corrected chi connectivity index (χ0v) is 22.2. The van der Waals surface area contributed by atoms with E-state index in [1.54, 1.807) is 6.92 Å². The molecule has 4 aliphatic carbocycles. The molecule has 8 nitrogen and oxygen atoms in total. The summed E-state index contributed by atoms with van der Waals surface area (Å²) < 4.78 is 43.3. The largest absolute Gasteiger partial charge is 0.462 e. The molecule has 202 valence electrons. The molecule has 0 amide bonds. The summed E-state index contributed by atoms with van der Waals surface area (Å²) in [6.07, 6.45) is 6.69. The number of carbonyl (C=O) groups excluding carboxylic acids is 1. The van der Waals surface area contributed by atoms with Crippen LogP contribution in [0.2, 0.25) is 0 Å². The van der Waals surface area contributed by atoms with E-state index < -0.39 is 17.2 Å². The van der Waals surface area contributed by atoms with Crippen LogP contribution in [-0.2, 0) is 38.0 Å². The Morgan fingerprint density at radius 1 is 0.917 bits per heavy atom. The summed E-state index contributed by atoms with van der Waals surface area (Å²) in [6, 6.07) is 0. The minimum Gasteiger partial charge on any atom is -0.462 e. The van der Waals surface area contributed by atoms with E-state index in [4.69, 9.17) is 33.2 Å². The van der Waals surface area contributed by atoms with Crippen LogP contribution in [0.1, 0.15) is 72.6 Å². The van der Waals surface area contributed by atoms with E-state index in [0.29, 0.717) is 49.4 Å². The third-order valence-electron chi connectivity index (χ3n) is 12.3. The molecule has 3 spiro atoms. The Morgan fingerprint density at radius 3 is 2.42 bits per heavy atom. The van der Waals surface area contributed by atoms with Crippen LogP contribution < -0.4 is 0 Å². The molecule has 0 aromatic heterocycles. The molecule has 3 aliphatic heterocycles. The summed E-state index contributed by atoms with van der Waals surface area (Å²) in [5.41, 5.74) is -0.551. The number of hydrogen-bond donors (Lipinski definition) is 0. The van der Waals surface area contributed by atoms with Gasteiger partial charge in [0.05, 0.1) is 13.2 Å². The van der Waals surface area contributed by atoms with Crippen molar-refractivity contribution in [2.75, 3.05) is 33.4 Å². The summed E-state index contributed by atoms with van der Waals surface area (Å²) >= 11 is 0. The van der Waals surface area contributed by atoms with Crippen LogP contribution in [0.25, 0.3) is 0 Å². The highest BCUT2D eigenvalue weighted by atomic mass is 16.9. The van der Waals surface area contributed by atoms with E-state index in [9.17, 15) is 4.79 Å². The first-order valence-corrected chi connectivity index (χ1v) is 14.1. The lowest BCUT2D eigenvalue weighted by molar-refractivity contribution is -0.279. The molecule has 36 heavy (non-hydrogen) atoms. The Kier molecular flexibility index (Phi) is 5.32. The van der Waals surface area contributed by atoms with Gasteiger partial charge in [0.25, 0.3) is 0 Å². The smallest absolute Gasteiger partial charge is 0.302 e. The molecule has 8 heteroatoms. The quantitative estimate of drug-likeness (QED) is 0.494. The topological polar surface area (TPSA) is 81.7 Å². The molecule has 4 unspecified atom stereocenters. The maximum absolute atomic E-state index is 12.4. The first-order chi connectivity index (χ1) is 17.2. The normalized spacial score (nSPS) is 55.1. The monoisotopic (exact) mass is 506 g/mol. The summed E-state index contributed by atoms with van der Waals surface area (Å²) in [7, 11) is 0. The molecule has 7 rings (SSSR count). The van der Waals surface area contributed by atoms with Crippen LogP contribution in [0.4, 0.5) is 0 Å². The van der Waals surface area contributed by atoms with Crippen molar-refractivity contribution in [1.29, 1.82) is 0 Å². The molecule has 4 saturated carbocycles. The van der Waals surface area contributed by atoms with Gasteiger partial charge in [-0.25, -0.2) is 0 Å². The zero-order chi connectivity index (χ0) is 25.0. The van der Waals surface area contributed by atoms with Gasteiger partial charge >= 0.3 is 5.97 Å². The van der Waals surface area contributed by atoms with Gasteiger partial charge in [-0.15, -0.1) is 0 Å². The van der Waals surface area contributed by atoms with Gasteiger partial charge in [-0.1, -0.05) is 20.8 Å². The van der Waals surface area contributed by atoms with Crippen LogP contribution in [0.5, 0.6) is 0 Å². The van der Waals surface area contributed by atoms with E-state index in [0.717, 1.165) is 44.9 Å². The molecule has 3 saturated heterocycles. The maximum atomic E-state index is 12.4. The lowest BCUT2D eigenvalue weighted by atomic mass is 9.41. The summed E-state index contributed by atoms with van der Waals surface area (Å²) in [5, 5.41) is 0. The second-order valence-electron chi connectivity index (χ2n) is 13.2. The van der Waals surface area contributed by atoms with Crippen LogP contribution in [0, 0.1) is 40.4 Å². The molecule has 7 aliphatic rings. The highest BCUT2D eigenvalue weighted by Crippen LogP contribution is 2.74. The van der Waals surface area contributed by atoms with Crippen molar-refractivity contribution in [3.05, 3.63) is 0 Å². The van der Waals surface area contributed by atoms with Crippen molar-refractivity contribution in [2.24, 2.45) is 40.4 Å². The number of hydrogen-bond acceptors (Lipinski definition) is 8. The zero-order valence-electron chi connectivity index (χ0n) is 22.2. The second-order valence-corrected chi connectivity index (χ2v) is 13.2. The van der Waals surface area contributed by atoms with Crippen LogP contribution >= 0.6 is 0 Å². The van der Waals surface area contributed by atoms with Crippen LogP contribution in [-0.4, -0.2) is 62.7 Å². The van der Waals surface area contributed by atoms with Crippen LogP contribution in [0.15, 0.2) is 0 Å². The molecule has 0 aromatic rings. The lowest BCUT2D eigenvalue weighted by Crippen LogP contribution is -2.68. The Bertz CT molecular complexity index is 906. The molecule has 3 heterocycles. The van der Waals surface area contributed by atoms with E-state index in [1.807, 2.05) is 0 Å². The Balaban J connectivity index is 1.28. The molecular formula is C28H42O8. The molecule has 0 N–H and O–H groups in total. The van der Waals surface area contributed by atoms with Gasteiger partial charge in [-0.3, -0.25) is 4.79 Å². The lowest BCUT2D eigenvalue weighted by Gasteiger charge is -2.66. The Hall–Kier alpha value is -0.770. The average molecular weight is 507 g/mol. The fraction of sp³-hybridized carbons (Fsp3) is 0.964. The molecule has 0 bridgehead atoms. The first kappa shape index (κ1) is 24.3. The number of esters is 1. The Labute approximate surface area is 214 Å². The van der Waals surface area contributed by atoms with Crippen molar-refractivity contribution >= 4 is 5.97 Å². The number of fused-ring (bicyclic) bond motifs is 7. The summed E-state index contributed by atoms with van der Waals surface area (Å²) in [5.74, 6) is 0.461. The summed E-state index contributed by atoms with van der Waals surface area (Å²) in [4.78, 5) is 12.4. The van der Waals surface area contributed by atoms with E-state index in [2.05, 4.69) is 20.8 Å². The summed E-state index contributed by atoms with van der Waals surface area (Å²) in [6.45, 7) is 11.1. The number of carbonyl (C=O) groups is 1. The van der Waals surface area contributed by atoms with E-state index in [-0.39, 0.29) is 36.5 Å². The van der Waals surface area contributed by atoms with Crippen molar-refractivity contribution in [2.45, 2.75) is 95.9 Å². The number of ether oxygens (including phenoxy) is 7.